The summed E-state index contributed by atoms with van der Waals surface area (Å²) < 4.78 is 5.57. The van der Waals surface area contributed by atoms with Crippen molar-refractivity contribution in [3.8, 4) is 5.75 Å². The minimum Gasteiger partial charge on any atom is -0.496 e. The van der Waals surface area contributed by atoms with Gasteiger partial charge in [0.15, 0.2) is 5.82 Å². The summed E-state index contributed by atoms with van der Waals surface area (Å²) in [4.78, 5) is 40.1. The SMILES string of the molecule is COc1c(C)cccc1C(=O)N1CCCCC1c1nc(C)c2c(n1)N(CC1CC1)C(=O)CC2. The van der Waals surface area contributed by atoms with Gasteiger partial charge in [0, 0.05) is 30.8 Å². The normalized spacial score (nSPS) is 20.6. The maximum absolute atomic E-state index is 13.7. The number of aromatic nitrogens is 2. The second kappa shape index (κ2) is 8.76. The minimum atomic E-state index is -0.208. The van der Waals surface area contributed by atoms with E-state index in [1.165, 1.54) is 12.8 Å². The van der Waals surface area contributed by atoms with E-state index in [1.807, 2.05) is 41.8 Å². The first-order valence-corrected chi connectivity index (χ1v) is 12.1. The fourth-order valence-electron chi connectivity index (χ4n) is 5.19. The van der Waals surface area contributed by atoms with Gasteiger partial charge >= 0.3 is 0 Å². The monoisotopic (exact) mass is 448 g/mol. The molecule has 7 heteroatoms. The number of benzene rings is 1. The predicted molar refractivity (Wildman–Crippen MR) is 126 cm³/mol. The maximum Gasteiger partial charge on any atom is 0.258 e. The highest BCUT2D eigenvalue weighted by Crippen LogP contribution is 2.38. The molecule has 2 aromatic rings. The molecular weight excluding hydrogens is 416 g/mol. The van der Waals surface area contributed by atoms with E-state index in [0.717, 1.165) is 48.4 Å². The number of hydrogen-bond acceptors (Lipinski definition) is 5. The van der Waals surface area contributed by atoms with Gasteiger partial charge in [0.05, 0.1) is 18.7 Å². The van der Waals surface area contributed by atoms with Gasteiger partial charge in [-0.15, -0.1) is 0 Å². The summed E-state index contributed by atoms with van der Waals surface area (Å²) in [6.07, 6.45) is 6.35. The van der Waals surface area contributed by atoms with Crippen LogP contribution in [0.4, 0.5) is 5.82 Å². The van der Waals surface area contributed by atoms with E-state index < -0.39 is 0 Å². The molecule has 1 aromatic heterocycles. The van der Waals surface area contributed by atoms with Gasteiger partial charge in [0.25, 0.3) is 5.91 Å². The van der Waals surface area contributed by atoms with E-state index in [0.29, 0.717) is 42.4 Å². The molecule has 1 unspecified atom stereocenters. The van der Waals surface area contributed by atoms with Crippen LogP contribution in [-0.2, 0) is 11.2 Å². The van der Waals surface area contributed by atoms with Crippen LogP contribution in [0.5, 0.6) is 5.75 Å². The topological polar surface area (TPSA) is 75.6 Å². The van der Waals surface area contributed by atoms with Gasteiger partial charge in [-0.3, -0.25) is 14.5 Å². The number of rotatable bonds is 5. The fourth-order valence-corrected chi connectivity index (χ4v) is 5.19. The number of methoxy groups -OCH3 is 1. The third-order valence-corrected chi connectivity index (χ3v) is 7.20. The van der Waals surface area contributed by atoms with E-state index in [1.54, 1.807) is 7.11 Å². The number of piperidine rings is 1. The Hall–Kier alpha value is -2.96. The summed E-state index contributed by atoms with van der Waals surface area (Å²) in [5.74, 6) is 2.73. The van der Waals surface area contributed by atoms with Crippen LogP contribution in [0.2, 0.25) is 0 Å². The molecule has 1 saturated carbocycles. The molecule has 2 fully saturated rings. The molecule has 3 heterocycles. The van der Waals surface area contributed by atoms with Gasteiger partial charge < -0.3 is 9.64 Å². The lowest BCUT2D eigenvalue weighted by Gasteiger charge is -2.36. The molecule has 0 spiro atoms. The van der Waals surface area contributed by atoms with Crippen molar-refractivity contribution in [2.45, 2.75) is 64.8 Å². The highest BCUT2D eigenvalue weighted by atomic mass is 16.5. The number of hydrogen-bond donors (Lipinski definition) is 0. The number of ether oxygens (including phenoxy) is 1. The Balaban J connectivity index is 1.52. The van der Waals surface area contributed by atoms with Crippen molar-refractivity contribution in [3.63, 3.8) is 0 Å². The average Bonchev–Trinajstić information content (AvgIpc) is 3.64. The van der Waals surface area contributed by atoms with Gasteiger partial charge in [-0.25, -0.2) is 9.97 Å². The van der Waals surface area contributed by atoms with Crippen LogP contribution in [0.3, 0.4) is 0 Å². The van der Waals surface area contributed by atoms with Crippen molar-refractivity contribution in [2.24, 2.45) is 5.92 Å². The van der Waals surface area contributed by atoms with Crippen LogP contribution in [-0.4, -0.2) is 46.9 Å². The summed E-state index contributed by atoms with van der Waals surface area (Å²) in [6.45, 7) is 5.36. The van der Waals surface area contributed by atoms with Crippen molar-refractivity contribution >= 4 is 17.6 Å². The number of likely N-dealkylation sites (tertiary alicyclic amines) is 1. The smallest absolute Gasteiger partial charge is 0.258 e. The third-order valence-electron chi connectivity index (χ3n) is 7.20. The summed E-state index contributed by atoms with van der Waals surface area (Å²) in [7, 11) is 1.61. The molecule has 33 heavy (non-hydrogen) atoms. The predicted octanol–water partition coefficient (Wildman–Crippen LogP) is 4.16. The number of carbonyl (C=O) groups is 2. The van der Waals surface area contributed by atoms with E-state index >= 15 is 0 Å². The Bertz CT molecular complexity index is 1100. The quantitative estimate of drug-likeness (QED) is 0.687. The second-order valence-corrected chi connectivity index (χ2v) is 9.58. The summed E-state index contributed by atoms with van der Waals surface area (Å²) >= 11 is 0. The fraction of sp³-hybridized carbons (Fsp3) is 0.538. The molecular formula is C26H32N4O3. The molecule has 5 rings (SSSR count). The molecule has 0 radical (unpaired) electrons. The maximum atomic E-state index is 13.7. The Morgan fingerprint density at radius 3 is 2.70 bits per heavy atom. The number of para-hydroxylation sites is 1. The van der Waals surface area contributed by atoms with E-state index in [9.17, 15) is 9.59 Å². The summed E-state index contributed by atoms with van der Waals surface area (Å²) in [6, 6.07) is 5.46. The highest BCUT2D eigenvalue weighted by molar-refractivity contribution is 5.98. The Kier molecular flexibility index (Phi) is 5.81. The highest BCUT2D eigenvalue weighted by Gasteiger charge is 2.36. The molecule has 7 nitrogen and oxygen atoms in total. The molecule has 174 valence electrons. The van der Waals surface area contributed by atoms with Crippen molar-refractivity contribution in [1.82, 2.24) is 14.9 Å². The van der Waals surface area contributed by atoms with Crippen LogP contribution >= 0.6 is 0 Å². The molecule has 2 aliphatic heterocycles. The second-order valence-electron chi connectivity index (χ2n) is 9.58. The number of fused-ring (bicyclic) bond motifs is 1. The van der Waals surface area contributed by atoms with Gasteiger partial charge in [-0.1, -0.05) is 12.1 Å². The lowest BCUT2D eigenvalue weighted by molar-refractivity contribution is -0.119. The van der Waals surface area contributed by atoms with Crippen molar-refractivity contribution in [3.05, 3.63) is 46.4 Å². The molecule has 3 aliphatic rings. The number of anilines is 1. The lowest BCUT2D eigenvalue weighted by Crippen LogP contribution is -2.41. The van der Waals surface area contributed by atoms with Crippen molar-refractivity contribution in [2.75, 3.05) is 25.1 Å². The van der Waals surface area contributed by atoms with E-state index in [2.05, 4.69) is 0 Å². The van der Waals surface area contributed by atoms with Gasteiger partial charge in [0.2, 0.25) is 5.91 Å². The third kappa shape index (κ3) is 4.09. The first-order chi connectivity index (χ1) is 16.0. The number of amides is 2. The Morgan fingerprint density at radius 1 is 1.12 bits per heavy atom. The summed E-state index contributed by atoms with van der Waals surface area (Å²) in [5.41, 5.74) is 3.51. The van der Waals surface area contributed by atoms with Gasteiger partial charge in [-0.2, -0.15) is 0 Å². The molecule has 0 N–H and O–H groups in total. The Labute approximate surface area is 195 Å². The first-order valence-electron chi connectivity index (χ1n) is 12.1. The zero-order chi connectivity index (χ0) is 23.1. The molecule has 1 aromatic carbocycles. The first kappa shape index (κ1) is 21.9. The van der Waals surface area contributed by atoms with Gasteiger partial charge in [0.1, 0.15) is 11.6 Å². The number of nitrogens with zero attached hydrogens (tertiary/aromatic N) is 4. The number of carbonyl (C=O) groups excluding carboxylic acids is 2. The standard InChI is InChI=1S/C26H32N4O3/c1-16-7-6-8-20(23(16)33-3)26(32)29-14-5-4-9-21(29)24-27-17(2)19-12-13-22(31)30(25(19)28-24)15-18-10-11-18/h6-8,18,21H,4-5,9-15H2,1-3H3. The zero-order valence-electron chi connectivity index (χ0n) is 19.8. The number of aryl methyl sites for hydroxylation is 2. The Morgan fingerprint density at radius 2 is 1.94 bits per heavy atom. The molecule has 2 amide bonds. The van der Waals surface area contributed by atoms with Crippen molar-refractivity contribution in [1.29, 1.82) is 0 Å². The van der Waals surface area contributed by atoms with E-state index in [4.69, 9.17) is 14.7 Å². The summed E-state index contributed by atoms with van der Waals surface area (Å²) in [5, 5.41) is 0. The average molecular weight is 449 g/mol. The molecule has 1 saturated heterocycles. The molecule has 1 aliphatic carbocycles. The molecule has 1 atom stereocenters. The van der Waals surface area contributed by atoms with Gasteiger partial charge in [-0.05, 0) is 69.9 Å². The van der Waals surface area contributed by atoms with Crippen LogP contribution in [0.15, 0.2) is 18.2 Å². The van der Waals surface area contributed by atoms with Crippen molar-refractivity contribution < 1.29 is 14.3 Å². The minimum absolute atomic E-state index is 0.0508. The lowest BCUT2D eigenvalue weighted by atomic mass is 9.98. The molecule has 0 bridgehead atoms. The van der Waals surface area contributed by atoms with Crippen LogP contribution in [0.1, 0.15) is 77.6 Å². The zero-order valence-corrected chi connectivity index (χ0v) is 19.8. The van der Waals surface area contributed by atoms with Crippen LogP contribution in [0.25, 0.3) is 0 Å². The van der Waals surface area contributed by atoms with Crippen LogP contribution < -0.4 is 9.64 Å². The van der Waals surface area contributed by atoms with Crippen LogP contribution in [0, 0.1) is 19.8 Å². The largest absolute Gasteiger partial charge is 0.496 e. The van der Waals surface area contributed by atoms with E-state index in [-0.39, 0.29) is 17.9 Å².